The van der Waals surface area contributed by atoms with Gasteiger partial charge in [0.2, 0.25) is 15.9 Å². The van der Waals surface area contributed by atoms with Crippen LogP contribution in [0.4, 0.5) is 5.69 Å². The summed E-state index contributed by atoms with van der Waals surface area (Å²) in [4.78, 5) is 11.8. The summed E-state index contributed by atoms with van der Waals surface area (Å²) in [6.07, 6.45) is 7.19. The van der Waals surface area contributed by atoms with Crippen LogP contribution >= 0.6 is 0 Å². The maximum absolute atomic E-state index is 11.9. The van der Waals surface area contributed by atoms with Gasteiger partial charge in [0.15, 0.2) is 0 Å². The van der Waals surface area contributed by atoms with E-state index in [-0.39, 0.29) is 17.8 Å². The van der Waals surface area contributed by atoms with Gasteiger partial charge in [0.1, 0.15) is 0 Å². The molecule has 25 heavy (non-hydrogen) atoms. The summed E-state index contributed by atoms with van der Waals surface area (Å²) in [7, 11) is -3.16. The van der Waals surface area contributed by atoms with Gasteiger partial charge >= 0.3 is 0 Å². The Morgan fingerprint density at radius 2 is 2.08 bits per heavy atom. The van der Waals surface area contributed by atoms with Crippen LogP contribution in [0.5, 0.6) is 0 Å². The van der Waals surface area contributed by atoms with E-state index in [1.54, 1.807) is 18.2 Å². The molecule has 2 fully saturated rings. The van der Waals surface area contributed by atoms with Gasteiger partial charge in [-0.3, -0.25) is 9.10 Å². The number of hydrogen-bond donors (Lipinski definition) is 1. The van der Waals surface area contributed by atoms with E-state index in [2.05, 4.69) is 5.32 Å². The highest BCUT2D eigenvalue weighted by molar-refractivity contribution is 7.93. The largest absolute Gasteiger partial charge is 0.378 e. The zero-order valence-electron chi connectivity index (χ0n) is 14.2. The van der Waals surface area contributed by atoms with Gasteiger partial charge < -0.3 is 10.1 Å². The summed E-state index contributed by atoms with van der Waals surface area (Å²) < 4.78 is 30.8. The van der Waals surface area contributed by atoms with Crippen LogP contribution in [0.2, 0.25) is 0 Å². The fourth-order valence-corrected chi connectivity index (χ4v) is 4.70. The highest BCUT2D eigenvalue weighted by atomic mass is 32.2. The number of nitrogens with one attached hydrogen (secondary N) is 1. The van der Waals surface area contributed by atoms with E-state index in [0.717, 1.165) is 31.4 Å². The minimum atomic E-state index is -3.16. The molecule has 6 nitrogen and oxygen atoms in total. The van der Waals surface area contributed by atoms with Crippen LogP contribution in [0.15, 0.2) is 30.3 Å². The van der Waals surface area contributed by atoms with Crippen molar-refractivity contribution in [2.24, 2.45) is 0 Å². The Balaban J connectivity index is 1.48. The standard InChI is InChI=1S/C18H24N2O4S/c21-18(19-11-10-17-3-1-13-24-17)9-6-15-4-7-16(8-5-15)20-12-2-14-25(20,22)23/h4-9,17H,1-3,10-14H2,(H,19,21)/b9-6-/t17-/m0/s1. The van der Waals surface area contributed by atoms with Crippen molar-refractivity contribution in [3.05, 3.63) is 35.9 Å². The highest BCUT2D eigenvalue weighted by Gasteiger charge is 2.28. The van der Waals surface area contributed by atoms with Gasteiger partial charge in [-0.15, -0.1) is 0 Å². The Kier molecular flexibility index (Phi) is 5.75. The quantitative estimate of drug-likeness (QED) is 0.783. The van der Waals surface area contributed by atoms with Crippen LogP contribution in [-0.2, 0) is 19.6 Å². The van der Waals surface area contributed by atoms with Crippen molar-refractivity contribution in [1.29, 1.82) is 0 Å². The summed E-state index contributed by atoms with van der Waals surface area (Å²) in [5.41, 5.74) is 1.53. The zero-order chi connectivity index (χ0) is 17.7. The summed E-state index contributed by atoms with van der Waals surface area (Å²) >= 11 is 0. The summed E-state index contributed by atoms with van der Waals surface area (Å²) in [6.45, 7) is 1.97. The molecule has 1 N–H and O–H groups in total. The summed E-state index contributed by atoms with van der Waals surface area (Å²) in [5, 5.41) is 2.85. The lowest BCUT2D eigenvalue weighted by atomic mass is 10.2. The Morgan fingerprint density at radius 1 is 1.28 bits per heavy atom. The number of benzene rings is 1. The van der Waals surface area contributed by atoms with E-state index in [4.69, 9.17) is 4.74 Å². The van der Waals surface area contributed by atoms with Crippen LogP contribution in [-0.4, -0.2) is 45.9 Å². The molecule has 0 aromatic heterocycles. The van der Waals surface area contributed by atoms with E-state index < -0.39 is 10.0 Å². The minimum absolute atomic E-state index is 0.135. The lowest BCUT2D eigenvalue weighted by Gasteiger charge is -2.16. The number of carbonyl (C=O) groups is 1. The average Bonchev–Trinajstić information content (AvgIpc) is 3.22. The molecule has 1 atom stereocenters. The molecule has 0 bridgehead atoms. The minimum Gasteiger partial charge on any atom is -0.378 e. The van der Waals surface area contributed by atoms with Crippen LogP contribution in [0.1, 0.15) is 31.2 Å². The van der Waals surface area contributed by atoms with Gasteiger partial charge in [-0.2, -0.15) is 0 Å². The molecule has 0 unspecified atom stereocenters. The van der Waals surface area contributed by atoms with Crippen molar-refractivity contribution in [2.45, 2.75) is 31.8 Å². The van der Waals surface area contributed by atoms with Gasteiger partial charge in [0, 0.05) is 25.8 Å². The average molecular weight is 364 g/mol. The number of amides is 1. The number of sulfonamides is 1. The van der Waals surface area contributed by atoms with E-state index in [1.807, 2.05) is 12.1 Å². The van der Waals surface area contributed by atoms with Crippen molar-refractivity contribution < 1.29 is 17.9 Å². The monoisotopic (exact) mass is 364 g/mol. The van der Waals surface area contributed by atoms with Crippen molar-refractivity contribution in [3.63, 3.8) is 0 Å². The molecule has 2 heterocycles. The van der Waals surface area contributed by atoms with E-state index in [0.29, 0.717) is 25.2 Å². The van der Waals surface area contributed by atoms with Crippen molar-refractivity contribution in [2.75, 3.05) is 29.8 Å². The molecular formula is C18H24N2O4S. The molecule has 0 saturated carbocycles. The predicted octanol–water partition coefficient (Wildman–Crippen LogP) is 1.93. The maximum atomic E-state index is 11.9. The number of anilines is 1. The SMILES string of the molecule is O=C(/C=C\c1ccc(N2CCCS2(=O)=O)cc1)NCC[C@@H]1CCCO1. The number of rotatable bonds is 6. The van der Waals surface area contributed by atoms with E-state index in [1.165, 1.54) is 10.4 Å². The first kappa shape index (κ1) is 17.9. The second-order valence-electron chi connectivity index (χ2n) is 6.38. The van der Waals surface area contributed by atoms with Gasteiger partial charge in [0.25, 0.3) is 0 Å². The Bertz CT molecular complexity index is 722. The van der Waals surface area contributed by atoms with E-state index >= 15 is 0 Å². The van der Waals surface area contributed by atoms with Gasteiger partial charge in [0.05, 0.1) is 17.5 Å². The second-order valence-corrected chi connectivity index (χ2v) is 8.39. The number of nitrogens with zero attached hydrogens (tertiary/aromatic N) is 1. The van der Waals surface area contributed by atoms with Crippen LogP contribution in [0.25, 0.3) is 6.08 Å². The fourth-order valence-electron chi connectivity index (χ4n) is 3.14. The van der Waals surface area contributed by atoms with Crippen LogP contribution < -0.4 is 9.62 Å². The Hall–Kier alpha value is -1.86. The first-order valence-electron chi connectivity index (χ1n) is 8.73. The molecule has 1 aromatic carbocycles. The zero-order valence-corrected chi connectivity index (χ0v) is 15.0. The lowest BCUT2D eigenvalue weighted by molar-refractivity contribution is -0.116. The predicted molar refractivity (Wildman–Crippen MR) is 97.8 cm³/mol. The van der Waals surface area contributed by atoms with Gasteiger partial charge in [-0.1, -0.05) is 12.1 Å². The van der Waals surface area contributed by atoms with Gasteiger partial charge in [-0.25, -0.2) is 8.42 Å². The molecule has 1 aromatic rings. The first-order chi connectivity index (χ1) is 12.0. The molecule has 3 rings (SSSR count). The van der Waals surface area contributed by atoms with E-state index in [9.17, 15) is 13.2 Å². The van der Waals surface area contributed by atoms with Crippen molar-refractivity contribution >= 4 is 27.7 Å². The maximum Gasteiger partial charge on any atom is 0.244 e. The second kappa shape index (κ2) is 8.01. The molecule has 0 spiro atoms. The summed E-state index contributed by atoms with van der Waals surface area (Å²) in [5.74, 6) is 0.0740. The number of hydrogen-bond acceptors (Lipinski definition) is 4. The third-order valence-electron chi connectivity index (χ3n) is 4.50. The molecule has 2 aliphatic rings. The Labute approximate surface area is 148 Å². The Morgan fingerprint density at radius 3 is 2.72 bits per heavy atom. The number of carbonyl (C=O) groups excluding carboxylic acids is 1. The van der Waals surface area contributed by atoms with Crippen LogP contribution in [0.3, 0.4) is 0 Å². The molecular weight excluding hydrogens is 340 g/mol. The van der Waals surface area contributed by atoms with Gasteiger partial charge in [-0.05, 0) is 49.5 Å². The van der Waals surface area contributed by atoms with Crippen molar-refractivity contribution in [1.82, 2.24) is 5.32 Å². The molecule has 0 radical (unpaired) electrons. The molecule has 1 amide bonds. The fraction of sp³-hybridized carbons (Fsp3) is 0.500. The smallest absolute Gasteiger partial charge is 0.244 e. The lowest BCUT2D eigenvalue weighted by Crippen LogP contribution is -2.25. The van der Waals surface area contributed by atoms with Crippen molar-refractivity contribution in [3.8, 4) is 0 Å². The topological polar surface area (TPSA) is 75.7 Å². The van der Waals surface area contributed by atoms with Crippen LogP contribution in [0, 0.1) is 0 Å². The molecule has 136 valence electrons. The highest BCUT2D eigenvalue weighted by Crippen LogP contribution is 2.24. The molecule has 7 heteroatoms. The summed E-state index contributed by atoms with van der Waals surface area (Å²) in [6, 6.07) is 7.19. The number of ether oxygens (including phenoxy) is 1. The normalized spacial score (nSPS) is 22.6. The molecule has 0 aliphatic carbocycles. The first-order valence-corrected chi connectivity index (χ1v) is 10.3. The third-order valence-corrected chi connectivity index (χ3v) is 6.37. The third kappa shape index (κ3) is 4.83. The molecule has 2 aliphatic heterocycles. The molecule has 2 saturated heterocycles.